The normalized spacial score (nSPS) is 11.0. The van der Waals surface area contributed by atoms with Crippen LogP contribution < -0.4 is 15.4 Å². The van der Waals surface area contributed by atoms with Crippen molar-refractivity contribution < 1.29 is 18.7 Å². The highest BCUT2D eigenvalue weighted by molar-refractivity contribution is 6.10. The zero-order valence-corrected chi connectivity index (χ0v) is 15.8. The van der Waals surface area contributed by atoms with Crippen molar-refractivity contribution in [2.24, 2.45) is 5.41 Å². The van der Waals surface area contributed by atoms with Crippen LogP contribution in [0.25, 0.3) is 0 Å². The standard InChI is InChI=1S/C21H25FN2O3/c1-4-27-18-8-6-5-7-17(18)24-20(26)21(2,3)19(25)23-14-13-15-9-11-16(22)12-10-15/h5-12H,4,13-14H2,1-3H3,(H,23,25)(H,24,26). The predicted molar refractivity (Wildman–Crippen MR) is 103 cm³/mol. The smallest absolute Gasteiger partial charge is 0.239 e. The van der Waals surface area contributed by atoms with E-state index in [0.717, 1.165) is 5.56 Å². The molecule has 6 heteroatoms. The van der Waals surface area contributed by atoms with Crippen molar-refractivity contribution in [3.05, 3.63) is 59.9 Å². The van der Waals surface area contributed by atoms with Gasteiger partial charge in [0.1, 0.15) is 17.0 Å². The molecule has 0 fully saturated rings. The highest BCUT2D eigenvalue weighted by atomic mass is 19.1. The first-order valence-electron chi connectivity index (χ1n) is 8.90. The molecular formula is C21H25FN2O3. The first-order chi connectivity index (χ1) is 12.8. The number of ether oxygens (including phenoxy) is 1. The van der Waals surface area contributed by atoms with E-state index in [-0.39, 0.29) is 11.7 Å². The lowest BCUT2D eigenvalue weighted by atomic mass is 9.90. The number of rotatable bonds is 8. The third-order valence-electron chi connectivity index (χ3n) is 4.18. The van der Waals surface area contributed by atoms with Crippen molar-refractivity contribution in [3.63, 3.8) is 0 Å². The Morgan fingerprint density at radius 1 is 1.04 bits per heavy atom. The Morgan fingerprint density at radius 2 is 1.70 bits per heavy atom. The Bertz CT molecular complexity index is 788. The molecule has 0 bridgehead atoms. The van der Waals surface area contributed by atoms with Gasteiger partial charge < -0.3 is 15.4 Å². The molecule has 2 amide bonds. The van der Waals surface area contributed by atoms with Gasteiger partial charge in [-0.1, -0.05) is 24.3 Å². The second-order valence-electron chi connectivity index (χ2n) is 6.64. The summed E-state index contributed by atoms with van der Waals surface area (Å²) in [6, 6.07) is 13.2. The fraction of sp³-hybridized carbons (Fsp3) is 0.333. The minimum absolute atomic E-state index is 0.298. The third-order valence-corrected chi connectivity index (χ3v) is 4.18. The van der Waals surface area contributed by atoms with E-state index in [2.05, 4.69) is 10.6 Å². The van der Waals surface area contributed by atoms with Gasteiger partial charge in [-0.05, 0) is 57.0 Å². The Labute approximate surface area is 158 Å². The molecule has 0 aliphatic carbocycles. The largest absolute Gasteiger partial charge is 0.492 e. The number of carbonyl (C=O) groups excluding carboxylic acids is 2. The first kappa shape index (κ1) is 20.4. The van der Waals surface area contributed by atoms with Gasteiger partial charge in [0.15, 0.2) is 0 Å². The quantitative estimate of drug-likeness (QED) is 0.697. The van der Waals surface area contributed by atoms with E-state index in [4.69, 9.17) is 4.74 Å². The molecule has 0 saturated carbocycles. The SMILES string of the molecule is CCOc1ccccc1NC(=O)C(C)(C)C(=O)NCCc1ccc(F)cc1. The molecule has 5 nitrogen and oxygen atoms in total. The minimum atomic E-state index is -1.26. The maximum absolute atomic E-state index is 12.9. The van der Waals surface area contributed by atoms with Crippen LogP contribution in [0.4, 0.5) is 10.1 Å². The molecule has 2 N–H and O–H groups in total. The summed E-state index contributed by atoms with van der Waals surface area (Å²) < 4.78 is 18.4. The van der Waals surface area contributed by atoms with Crippen LogP contribution in [0.5, 0.6) is 5.75 Å². The maximum atomic E-state index is 12.9. The van der Waals surface area contributed by atoms with Gasteiger partial charge in [0.05, 0.1) is 12.3 Å². The lowest BCUT2D eigenvalue weighted by molar-refractivity contribution is -0.138. The van der Waals surface area contributed by atoms with Crippen molar-refractivity contribution >= 4 is 17.5 Å². The van der Waals surface area contributed by atoms with Crippen LogP contribution in [0.3, 0.4) is 0 Å². The van der Waals surface area contributed by atoms with E-state index in [9.17, 15) is 14.0 Å². The molecule has 0 radical (unpaired) electrons. The number of amides is 2. The highest BCUT2D eigenvalue weighted by Gasteiger charge is 2.36. The molecule has 2 aromatic rings. The number of para-hydroxylation sites is 2. The minimum Gasteiger partial charge on any atom is -0.492 e. The number of halogens is 1. The second kappa shape index (κ2) is 9.16. The number of carbonyl (C=O) groups is 2. The fourth-order valence-electron chi connectivity index (χ4n) is 2.43. The molecule has 0 aromatic heterocycles. The topological polar surface area (TPSA) is 67.4 Å². The second-order valence-corrected chi connectivity index (χ2v) is 6.64. The van der Waals surface area contributed by atoms with Crippen molar-refractivity contribution in [2.75, 3.05) is 18.5 Å². The van der Waals surface area contributed by atoms with Crippen molar-refractivity contribution in [2.45, 2.75) is 27.2 Å². The first-order valence-corrected chi connectivity index (χ1v) is 8.90. The predicted octanol–water partition coefficient (Wildman–Crippen LogP) is 3.55. The van der Waals surface area contributed by atoms with Crippen LogP contribution in [0.1, 0.15) is 26.3 Å². The Morgan fingerprint density at radius 3 is 2.37 bits per heavy atom. The Balaban J connectivity index is 1.94. The number of nitrogens with one attached hydrogen (secondary N) is 2. The molecule has 27 heavy (non-hydrogen) atoms. The van der Waals surface area contributed by atoms with Gasteiger partial charge in [-0.2, -0.15) is 0 Å². The molecule has 2 rings (SSSR count). The summed E-state index contributed by atoms with van der Waals surface area (Å²) in [7, 11) is 0. The Hall–Kier alpha value is -2.89. The summed E-state index contributed by atoms with van der Waals surface area (Å²) in [5.74, 6) is -0.543. The zero-order valence-electron chi connectivity index (χ0n) is 15.8. The van der Waals surface area contributed by atoms with E-state index < -0.39 is 11.3 Å². The van der Waals surface area contributed by atoms with E-state index in [1.54, 1.807) is 44.2 Å². The monoisotopic (exact) mass is 372 g/mol. The van der Waals surface area contributed by atoms with Crippen LogP contribution >= 0.6 is 0 Å². The fourth-order valence-corrected chi connectivity index (χ4v) is 2.43. The van der Waals surface area contributed by atoms with E-state index in [1.807, 2.05) is 13.0 Å². The molecule has 0 aliphatic rings. The van der Waals surface area contributed by atoms with E-state index >= 15 is 0 Å². The number of anilines is 1. The van der Waals surface area contributed by atoms with Gasteiger partial charge in [-0.15, -0.1) is 0 Å². The molecule has 0 unspecified atom stereocenters. The molecule has 0 aliphatic heterocycles. The summed E-state index contributed by atoms with van der Waals surface area (Å²) in [5.41, 5.74) is 0.170. The summed E-state index contributed by atoms with van der Waals surface area (Å²) in [6.07, 6.45) is 0.552. The van der Waals surface area contributed by atoms with Crippen LogP contribution in [-0.4, -0.2) is 25.0 Å². The lowest BCUT2D eigenvalue weighted by Crippen LogP contribution is -2.45. The Kier molecular flexibility index (Phi) is 6.93. The molecule has 0 heterocycles. The lowest BCUT2D eigenvalue weighted by Gasteiger charge is -2.23. The van der Waals surface area contributed by atoms with Gasteiger partial charge in [-0.25, -0.2) is 4.39 Å². The van der Waals surface area contributed by atoms with Gasteiger partial charge in [0.2, 0.25) is 11.8 Å². The van der Waals surface area contributed by atoms with Gasteiger partial charge in [-0.3, -0.25) is 9.59 Å². The van der Waals surface area contributed by atoms with Gasteiger partial charge in [0, 0.05) is 6.54 Å². The molecular weight excluding hydrogens is 347 g/mol. The van der Waals surface area contributed by atoms with Crippen molar-refractivity contribution in [3.8, 4) is 5.75 Å². The summed E-state index contributed by atoms with van der Waals surface area (Å²) >= 11 is 0. The number of benzene rings is 2. The van der Waals surface area contributed by atoms with Crippen LogP contribution in [0, 0.1) is 11.2 Å². The molecule has 2 aromatic carbocycles. The summed E-state index contributed by atoms with van der Waals surface area (Å²) in [6.45, 7) is 5.83. The highest BCUT2D eigenvalue weighted by Crippen LogP contribution is 2.26. The van der Waals surface area contributed by atoms with Crippen molar-refractivity contribution in [1.29, 1.82) is 0 Å². The maximum Gasteiger partial charge on any atom is 0.239 e. The average Bonchev–Trinajstić information content (AvgIpc) is 2.65. The molecule has 0 spiro atoms. The van der Waals surface area contributed by atoms with Crippen LogP contribution in [0.2, 0.25) is 0 Å². The summed E-state index contributed by atoms with van der Waals surface area (Å²) in [5, 5.41) is 5.53. The zero-order chi connectivity index (χ0) is 19.9. The van der Waals surface area contributed by atoms with Crippen LogP contribution in [0.15, 0.2) is 48.5 Å². The molecule has 0 atom stereocenters. The van der Waals surface area contributed by atoms with Gasteiger partial charge >= 0.3 is 0 Å². The summed E-state index contributed by atoms with van der Waals surface area (Å²) in [4.78, 5) is 25.1. The molecule has 0 saturated heterocycles. The number of hydrogen-bond acceptors (Lipinski definition) is 3. The van der Waals surface area contributed by atoms with Crippen molar-refractivity contribution in [1.82, 2.24) is 5.32 Å². The van der Waals surface area contributed by atoms with Crippen LogP contribution in [-0.2, 0) is 16.0 Å². The van der Waals surface area contributed by atoms with E-state index in [0.29, 0.717) is 31.0 Å². The average molecular weight is 372 g/mol. The number of hydrogen-bond donors (Lipinski definition) is 2. The third kappa shape index (κ3) is 5.54. The van der Waals surface area contributed by atoms with Gasteiger partial charge in [0.25, 0.3) is 0 Å². The molecule has 144 valence electrons. The van der Waals surface area contributed by atoms with E-state index in [1.165, 1.54) is 12.1 Å².